The summed E-state index contributed by atoms with van der Waals surface area (Å²) in [6.45, 7) is 5.57. The van der Waals surface area contributed by atoms with Crippen LogP contribution in [0.2, 0.25) is 0 Å². The van der Waals surface area contributed by atoms with Crippen molar-refractivity contribution in [2.45, 2.75) is 63.6 Å². The van der Waals surface area contributed by atoms with Crippen LogP contribution in [0.25, 0.3) is 0 Å². The number of carbonyl (C=O) groups excluding carboxylic acids is 1. The third kappa shape index (κ3) is 2.18. The van der Waals surface area contributed by atoms with Crippen molar-refractivity contribution >= 4 is 5.97 Å². The summed E-state index contributed by atoms with van der Waals surface area (Å²) < 4.78 is 24.0. The monoisotopic (exact) mass is 325 g/mol. The van der Waals surface area contributed by atoms with Crippen molar-refractivity contribution in [2.24, 2.45) is 0 Å². The minimum absolute atomic E-state index is 0.131. The summed E-state index contributed by atoms with van der Waals surface area (Å²) in [7, 11) is 0. The SMILES string of the molecule is CCOC(=O)c1nnn2c1C[C@H](O)[C@@H]1O[C@@H]3OC(C)(C)O[C@H]3[C@@H]12. The van der Waals surface area contributed by atoms with Crippen LogP contribution < -0.4 is 0 Å². The second kappa shape index (κ2) is 4.97. The Morgan fingerprint density at radius 1 is 1.43 bits per heavy atom. The fourth-order valence-electron chi connectivity index (χ4n) is 3.53. The van der Waals surface area contributed by atoms with Gasteiger partial charge < -0.3 is 24.1 Å². The van der Waals surface area contributed by atoms with Gasteiger partial charge in [-0.05, 0) is 20.8 Å². The molecule has 0 bridgehead atoms. The van der Waals surface area contributed by atoms with Crippen LogP contribution in [0.1, 0.15) is 43.0 Å². The number of aliphatic hydroxyl groups is 1. The van der Waals surface area contributed by atoms with Gasteiger partial charge in [-0.15, -0.1) is 5.10 Å². The van der Waals surface area contributed by atoms with Crippen molar-refractivity contribution in [3.8, 4) is 0 Å². The molecule has 9 nitrogen and oxygen atoms in total. The molecule has 126 valence electrons. The highest BCUT2D eigenvalue weighted by Gasteiger charge is 2.59. The van der Waals surface area contributed by atoms with Gasteiger partial charge in [-0.25, -0.2) is 9.48 Å². The van der Waals surface area contributed by atoms with Crippen LogP contribution >= 0.6 is 0 Å². The molecule has 0 aliphatic carbocycles. The van der Waals surface area contributed by atoms with E-state index in [0.717, 1.165) is 0 Å². The molecule has 1 aromatic rings. The second-order valence-electron chi connectivity index (χ2n) is 6.38. The van der Waals surface area contributed by atoms with Crippen LogP contribution in [0.3, 0.4) is 0 Å². The van der Waals surface area contributed by atoms with Crippen LogP contribution in [0, 0.1) is 0 Å². The molecule has 5 atom stereocenters. The van der Waals surface area contributed by atoms with Crippen molar-refractivity contribution in [1.82, 2.24) is 15.0 Å². The first kappa shape index (κ1) is 15.0. The predicted molar refractivity (Wildman–Crippen MR) is 73.4 cm³/mol. The maximum absolute atomic E-state index is 12.0. The maximum Gasteiger partial charge on any atom is 0.360 e. The van der Waals surface area contributed by atoms with Gasteiger partial charge in [-0.2, -0.15) is 0 Å². The molecule has 2 saturated heterocycles. The average molecular weight is 325 g/mol. The van der Waals surface area contributed by atoms with E-state index in [2.05, 4.69) is 10.3 Å². The van der Waals surface area contributed by atoms with Gasteiger partial charge in [-0.3, -0.25) is 0 Å². The number of nitrogens with zero attached hydrogens (tertiary/aromatic N) is 3. The molecule has 3 aliphatic rings. The molecule has 0 unspecified atom stereocenters. The lowest BCUT2D eigenvalue weighted by Gasteiger charge is -2.33. The molecule has 23 heavy (non-hydrogen) atoms. The van der Waals surface area contributed by atoms with Crippen molar-refractivity contribution in [3.63, 3.8) is 0 Å². The molecule has 4 heterocycles. The molecule has 3 aliphatic heterocycles. The lowest BCUT2D eigenvalue weighted by atomic mass is 9.94. The summed E-state index contributed by atoms with van der Waals surface area (Å²) in [5, 5.41) is 18.4. The van der Waals surface area contributed by atoms with Gasteiger partial charge in [0.2, 0.25) is 0 Å². The smallest absolute Gasteiger partial charge is 0.360 e. The zero-order valence-corrected chi connectivity index (χ0v) is 13.1. The highest BCUT2D eigenvalue weighted by Crippen LogP contribution is 2.46. The highest BCUT2D eigenvalue weighted by atomic mass is 16.8. The third-order valence-corrected chi connectivity index (χ3v) is 4.38. The maximum atomic E-state index is 12.0. The van der Waals surface area contributed by atoms with Crippen LogP contribution in [-0.4, -0.2) is 63.1 Å². The molecule has 1 aromatic heterocycles. The van der Waals surface area contributed by atoms with Gasteiger partial charge in [0.05, 0.1) is 18.4 Å². The number of rotatable bonds is 2. The number of carbonyl (C=O) groups is 1. The Balaban J connectivity index is 1.71. The molecule has 0 spiro atoms. The zero-order chi connectivity index (χ0) is 16.4. The average Bonchev–Trinajstić information content (AvgIpc) is 3.09. The lowest BCUT2D eigenvalue weighted by molar-refractivity contribution is -0.221. The molecule has 9 heteroatoms. The second-order valence-corrected chi connectivity index (χ2v) is 6.38. The normalized spacial score (nSPS) is 37.1. The topological polar surface area (TPSA) is 105 Å². The van der Waals surface area contributed by atoms with E-state index in [0.29, 0.717) is 5.69 Å². The molecular formula is C14H19N3O6. The Morgan fingerprint density at radius 2 is 2.22 bits per heavy atom. The quantitative estimate of drug-likeness (QED) is 0.745. The van der Waals surface area contributed by atoms with Gasteiger partial charge in [0.15, 0.2) is 17.8 Å². The first-order valence-electron chi connectivity index (χ1n) is 7.71. The first-order chi connectivity index (χ1) is 10.9. The molecule has 0 radical (unpaired) electrons. The highest BCUT2D eigenvalue weighted by molar-refractivity contribution is 5.88. The molecule has 0 aromatic carbocycles. The number of hydrogen-bond donors (Lipinski definition) is 1. The Labute approximate surface area is 132 Å². The summed E-state index contributed by atoms with van der Waals surface area (Å²) in [4.78, 5) is 12.0. The number of esters is 1. The van der Waals surface area contributed by atoms with Gasteiger partial charge in [0.25, 0.3) is 0 Å². The summed E-state index contributed by atoms with van der Waals surface area (Å²) in [6, 6.07) is -0.392. The van der Waals surface area contributed by atoms with E-state index < -0.39 is 42.4 Å². The zero-order valence-electron chi connectivity index (χ0n) is 13.1. The summed E-state index contributed by atoms with van der Waals surface area (Å²) in [5.74, 6) is -1.31. The van der Waals surface area contributed by atoms with Gasteiger partial charge >= 0.3 is 5.97 Å². The molecule has 0 saturated carbocycles. The number of aromatic nitrogens is 3. The number of fused-ring (bicyclic) bond motifs is 5. The molecule has 1 N–H and O–H groups in total. The minimum atomic E-state index is -0.792. The summed E-state index contributed by atoms with van der Waals surface area (Å²) >= 11 is 0. The van der Waals surface area contributed by atoms with Crippen LogP contribution in [-0.2, 0) is 25.4 Å². The Bertz CT molecular complexity index is 644. The van der Waals surface area contributed by atoms with E-state index in [1.165, 1.54) is 0 Å². The summed E-state index contributed by atoms with van der Waals surface area (Å²) in [6.07, 6.45) is -2.08. The molecule has 4 rings (SSSR count). The van der Waals surface area contributed by atoms with Crippen LogP contribution in [0.5, 0.6) is 0 Å². The van der Waals surface area contributed by atoms with E-state index in [9.17, 15) is 9.90 Å². The largest absolute Gasteiger partial charge is 0.461 e. The van der Waals surface area contributed by atoms with Gasteiger partial charge in [-0.1, -0.05) is 5.21 Å². The fraction of sp³-hybridized carbons (Fsp3) is 0.786. The third-order valence-electron chi connectivity index (χ3n) is 4.38. The van der Waals surface area contributed by atoms with E-state index in [-0.39, 0.29) is 18.7 Å². The predicted octanol–water partition coefficient (Wildman–Crippen LogP) is -0.211. The first-order valence-corrected chi connectivity index (χ1v) is 7.71. The van der Waals surface area contributed by atoms with Crippen molar-refractivity contribution < 1.29 is 28.8 Å². The number of ether oxygens (including phenoxy) is 4. The minimum Gasteiger partial charge on any atom is -0.461 e. The van der Waals surface area contributed by atoms with E-state index in [4.69, 9.17) is 18.9 Å². The molecule has 2 fully saturated rings. The number of hydrogen-bond acceptors (Lipinski definition) is 8. The van der Waals surface area contributed by atoms with Crippen LogP contribution in [0.4, 0.5) is 0 Å². The number of aliphatic hydroxyl groups excluding tert-OH is 1. The van der Waals surface area contributed by atoms with E-state index in [1.807, 2.05) is 0 Å². The summed E-state index contributed by atoms with van der Waals surface area (Å²) in [5.41, 5.74) is 0.667. The standard InChI is InChI=1S/C14H19N3O6/c1-4-20-12(19)8-6-5-7(18)10-9(17(6)16-15-8)11-13(21-10)23-14(2,3)22-11/h7,9-11,13,18H,4-5H2,1-3H3/t7-,9+,10-,11-,13+/m0/s1. The Hall–Kier alpha value is -1.55. The lowest BCUT2D eigenvalue weighted by Crippen LogP contribution is -2.44. The van der Waals surface area contributed by atoms with E-state index in [1.54, 1.807) is 25.5 Å². The van der Waals surface area contributed by atoms with Crippen LogP contribution in [0.15, 0.2) is 0 Å². The molecule has 0 amide bonds. The van der Waals surface area contributed by atoms with Crippen molar-refractivity contribution in [1.29, 1.82) is 0 Å². The Morgan fingerprint density at radius 3 is 2.96 bits per heavy atom. The van der Waals surface area contributed by atoms with Crippen molar-refractivity contribution in [3.05, 3.63) is 11.4 Å². The Kier molecular flexibility index (Phi) is 3.24. The van der Waals surface area contributed by atoms with Crippen molar-refractivity contribution in [2.75, 3.05) is 6.61 Å². The fourth-order valence-corrected chi connectivity index (χ4v) is 3.53. The van der Waals surface area contributed by atoms with Gasteiger partial charge in [0, 0.05) is 6.42 Å². The van der Waals surface area contributed by atoms with E-state index >= 15 is 0 Å². The molecular weight excluding hydrogens is 306 g/mol. The van der Waals surface area contributed by atoms with Gasteiger partial charge in [0.1, 0.15) is 18.2 Å².